The van der Waals surface area contributed by atoms with Gasteiger partial charge in [0.1, 0.15) is 5.78 Å². The van der Waals surface area contributed by atoms with Crippen LogP contribution in [0, 0.1) is 0 Å². The fourth-order valence-electron chi connectivity index (χ4n) is 1.48. The van der Waals surface area contributed by atoms with Gasteiger partial charge in [-0.1, -0.05) is 0 Å². The van der Waals surface area contributed by atoms with Gasteiger partial charge in [-0.25, -0.2) is 0 Å². The van der Waals surface area contributed by atoms with Crippen molar-refractivity contribution >= 4 is 5.78 Å². The highest BCUT2D eigenvalue weighted by Gasteiger charge is 2.30. The Morgan fingerprint density at radius 2 is 2.38 bits per heavy atom. The highest BCUT2D eigenvalue weighted by atomic mass is 16.7. The molecule has 3 nitrogen and oxygen atoms in total. The minimum absolute atomic E-state index is 0.223. The van der Waals surface area contributed by atoms with Gasteiger partial charge < -0.3 is 14.3 Å². The van der Waals surface area contributed by atoms with Gasteiger partial charge in [0.25, 0.3) is 0 Å². The number of rotatable bonds is 5. The van der Waals surface area contributed by atoms with E-state index in [0.29, 0.717) is 13.0 Å². The molecule has 76 valence electrons. The largest absolute Gasteiger partial charge is 0.350 e. The van der Waals surface area contributed by atoms with E-state index >= 15 is 0 Å². The summed E-state index contributed by atoms with van der Waals surface area (Å²) >= 11 is 0. The summed E-state index contributed by atoms with van der Waals surface area (Å²) in [5.74, 6) is -0.155. The Bertz CT molecular complexity index is 171. The summed E-state index contributed by atoms with van der Waals surface area (Å²) in [6.07, 6.45) is 3.45. The molecule has 0 amide bonds. The molecule has 3 heteroatoms. The van der Waals surface area contributed by atoms with Crippen LogP contribution < -0.4 is 0 Å². The molecule has 1 fully saturated rings. The van der Waals surface area contributed by atoms with Gasteiger partial charge in [-0.15, -0.1) is 0 Å². The van der Waals surface area contributed by atoms with Crippen LogP contribution in [0.3, 0.4) is 0 Å². The van der Waals surface area contributed by atoms with E-state index in [4.69, 9.17) is 9.47 Å². The molecule has 1 rings (SSSR count). The molecule has 1 aliphatic heterocycles. The van der Waals surface area contributed by atoms with Crippen molar-refractivity contribution in [2.24, 2.45) is 0 Å². The summed E-state index contributed by atoms with van der Waals surface area (Å²) < 4.78 is 11.0. The van der Waals surface area contributed by atoms with Crippen molar-refractivity contribution in [1.82, 2.24) is 0 Å². The molecule has 0 saturated carbocycles. The molecule has 1 unspecified atom stereocenters. The van der Waals surface area contributed by atoms with E-state index in [1.165, 1.54) is 0 Å². The van der Waals surface area contributed by atoms with E-state index in [-0.39, 0.29) is 11.6 Å². The van der Waals surface area contributed by atoms with Crippen LogP contribution in [0.1, 0.15) is 39.5 Å². The second kappa shape index (κ2) is 4.72. The number of carbonyl (C=O) groups is 1. The molecule has 0 aliphatic carbocycles. The van der Waals surface area contributed by atoms with Gasteiger partial charge in [0.15, 0.2) is 5.79 Å². The van der Waals surface area contributed by atoms with Crippen LogP contribution in [-0.2, 0) is 14.3 Å². The molecular weight excluding hydrogens is 168 g/mol. The van der Waals surface area contributed by atoms with Crippen molar-refractivity contribution in [2.45, 2.75) is 45.3 Å². The molecule has 0 aromatic heterocycles. The maximum absolute atomic E-state index is 10.6. The quantitative estimate of drug-likeness (QED) is 0.615. The van der Waals surface area contributed by atoms with Crippen molar-refractivity contribution in [3.63, 3.8) is 0 Å². The van der Waals surface area contributed by atoms with Gasteiger partial charge in [-0.05, 0) is 26.7 Å². The second-order valence-electron chi connectivity index (χ2n) is 3.74. The Labute approximate surface area is 79.4 Å². The van der Waals surface area contributed by atoms with E-state index in [1.54, 1.807) is 6.92 Å². The average Bonchev–Trinajstić information content (AvgIpc) is 2.47. The van der Waals surface area contributed by atoms with Gasteiger partial charge in [0.05, 0.1) is 13.2 Å². The van der Waals surface area contributed by atoms with E-state index in [1.807, 2.05) is 6.92 Å². The lowest BCUT2D eigenvalue weighted by Crippen LogP contribution is -2.27. The Balaban J connectivity index is 2.07. The van der Waals surface area contributed by atoms with Crippen LogP contribution in [0.4, 0.5) is 0 Å². The van der Waals surface area contributed by atoms with E-state index in [9.17, 15) is 4.79 Å². The SMILES string of the molecule is CC(=O)CCCOC1(C)CCCO1. The molecule has 0 bridgehead atoms. The van der Waals surface area contributed by atoms with E-state index in [2.05, 4.69) is 0 Å². The first-order valence-electron chi connectivity index (χ1n) is 4.90. The lowest BCUT2D eigenvalue weighted by atomic mass is 10.2. The number of carbonyl (C=O) groups excluding carboxylic acids is 1. The average molecular weight is 186 g/mol. The predicted molar refractivity (Wildman–Crippen MR) is 49.5 cm³/mol. The number of hydrogen-bond acceptors (Lipinski definition) is 3. The second-order valence-corrected chi connectivity index (χ2v) is 3.74. The first-order valence-corrected chi connectivity index (χ1v) is 4.90. The molecule has 0 N–H and O–H groups in total. The third-order valence-corrected chi connectivity index (χ3v) is 2.26. The van der Waals surface area contributed by atoms with Crippen LogP contribution in [0.5, 0.6) is 0 Å². The maximum atomic E-state index is 10.6. The van der Waals surface area contributed by atoms with E-state index in [0.717, 1.165) is 25.9 Å². The number of hydrogen-bond donors (Lipinski definition) is 0. The zero-order valence-electron chi connectivity index (χ0n) is 8.47. The molecule has 1 aliphatic rings. The number of ether oxygens (including phenoxy) is 2. The van der Waals surface area contributed by atoms with Crippen molar-refractivity contribution in [3.8, 4) is 0 Å². The molecular formula is C10H18O3. The Morgan fingerprint density at radius 1 is 1.62 bits per heavy atom. The lowest BCUT2D eigenvalue weighted by molar-refractivity contribution is -0.197. The van der Waals surface area contributed by atoms with Gasteiger partial charge in [0.2, 0.25) is 0 Å². The minimum atomic E-state index is -0.378. The van der Waals surface area contributed by atoms with Gasteiger partial charge in [-0.2, -0.15) is 0 Å². The summed E-state index contributed by atoms with van der Waals surface area (Å²) in [4.78, 5) is 10.6. The Morgan fingerprint density at radius 3 is 2.92 bits per heavy atom. The fourth-order valence-corrected chi connectivity index (χ4v) is 1.48. The van der Waals surface area contributed by atoms with Crippen molar-refractivity contribution in [2.75, 3.05) is 13.2 Å². The number of Topliss-reactive ketones (excluding diaryl/α,β-unsaturated/α-hetero) is 1. The van der Waals surface area contributed by atoms with Crippen molar-refractivity contribution < 1.29 is 14.3 Å². The van der Waals surface area contributed by atoms with Gasteiger partial charge >= 0.3 is 0 Å². The minimum Gasteiger partial charge on any atom is -0.350 e. The fraction of sp³-hybridized carbons (Fsp3) is 0.900. The van der Waals surface area contributed by atoms with Crippen molar-refractivity contribution in [3.05, 3.63) is 0 Å². The molecule has 0 spiro atoms. The van der Waals surface area contributed by atoms with Crippen LogP contribution >= 0.6 is 0 Å². The Kier molecular flexibility index (Phi) is 3.88. The highest BCUT2D eigenvalue weighted by molar-refractivity contribution is 5.75. The standard InChI is InChI=1S/C10H18O3/c1-9(11)5-3-7-12-10(2)6-4-8-13-10/h3-8H2,1-2H3. The van der Waals surface area contributed by atoms with E-state index < -0.39 is 0 Å². The molecule has 0 aromatic rings. The summed E-state index contributed by atoms with van der Waals surface area (Å²) in [5, 5.41) is 0. The summed E-state index contributed by atoms with van der Waals surface area (Å²) in [6, 6.07) is 0. The highest BCUT2D eigenvalue weighted by Crippen LogP contribution is 2.26. The molecule has 0 radical (unpaired) electrons. The Hall–Kier alpha value is -0.410. The van der Waals surface area contributed by atoms with Crippen LogP contribution in [0.25, 0.3) is 0 Å². The summed E-state index contributed by atoms with van der Waals surface area (Å²) in [5.41, 5.74) is 0. The summed E-state index contributed by atoms with van der Waals surface area (Å²) in [6.45, 7) is 4.99. The topological polar surface area (TPSA) is 35.5 Å². The van der Waals surface area contributed by atoms with Gasteiger partial charge in [0, 0.05) is 12.8 Å². The third kappa shape index (κ3) is 3.87. The normalized spacial score (nSPS) is 27.8. The first kappa shape index (κ1) is 10.7. The third-order valence-electron chi connectivity index (χ3n) is 2.26. The lowest BCUT2D eigenvalue weighted by Gasteiger charge is -2.23. The monoisotopic (exact) mass is 186 g/mol. The van der Waals surface area contributed by atoms with Gasteiger partial charge in [-0.3, -0.25) is 0 Å². The van der Waals surface area contributed by atoms with Crippen LogP contribution in [-0.4, -0.2) is 24.8 Å². The number of ketones is 1. The molecule has 1 atom stereocenters. The maximum Gasteiger partial charge on any atom is 0.165 e. The zero-order valence-corrected chi connectivity index (χ0v) is 8.47. The van der Waals surface area contributed by atoms with Crippen LogP contribution in [0.15, 0.2) is 0 Å². The van der Waals surface area contributed by atoms with Crippen molar-refractivity contribution in [1.29, 1.82) is 0 Å². The molecule has 0 aromatic carbocycles. The zero-order chi connectivity index (χ0) is 9.73. The molecule has 1 saturated heterocycles. The molecule has 13 heavy (non-hydrogen) atoms. The molecule has 1 heterocycles. The predicted octanol–water partition coefficient (Wildman–Crippen LogP) is 1.90. The van der Waals surface area contributed by atoms with Crippen LogP contribution in [0.2, 0.25) is 0 Å². The summed E-state index contributed by atoms with van der Waals surface area (Å²) in [7, 11) is 0. The first-order chi connectivity index (χ1) is 6.12. The smallest absolute Gasteiger partial charge is 0.165 e.